The smallest absolute Gasteiger partial charge is 0.188 e. The summed E-state index contributed by atoms with van der Waals surface area (Å²) in [5.41, 5.74) is 0. The van der Waals surface area contributed by atoms with Crippen molar-refractivity contribution in [1.82, 2.24) is 9.34 Å². The Balaban J connectivity index is 2.30. The first-order chi connectivity index (χ1) is 11.0. The van der Waals surface area contributed by atoms with Gasteiger partial charge in [-0.25, -0.2) is 9.34 Å². The summed E-state index contributed by atoms with van der Waals surface area (Å²) < 4.78 is 12.4. The summed E-state index contributed by atoms with van der Waals surface area (Å²) >= 11 is 0. The zero-order valence-corrected chi connectivity index (χ0v) is 20.3. The molecule has 0 N–H and O–H groups in total. The molecule has 1 heterocycles. The van der Waals surface area contributed by atoms with E-state index in [0.717, 1.165) is 18.5 Å². The van der Waals surface area contributed by atoms with Crippen LogP contribution in [0.4, 0.5) is 0 Å². The second kappa shape index (κ2) is 8.18. The Morgan fingerprint density at radius 1 is 0.917 bits per heavy atom. The van der Waals surface area contributed by atoms with Crippen molar-refractivity contribution in [2.45, 2.75) is 103 Å². The van der Waals surface area contributed by atoms with E-state index < -0.39 is 24.6 Å². The molecule has 1 aliphatic heterocycles. The molecule has 24 heavy (non-hydrogen) atoms. The van der Waals surface area contributed by atoms with Gasteiger partial charge in [-0.1, -0.05) is 59.0 Å². The maximum absolute atomic E-state index is 6.73. The van der Waals surface area contributed by atoms with Gasteiger partial charge in [0.05, 0.1) is 22.3 Å². The van der Waals surface area contributed by atoms with Gasteiger partial charge in [0.1, 0.15) is 0 Å². The summed E-state index contributed by atoms with van der Waals surface area (Å²) in [4.78, 5) is 0. The first-order valence-corrected chi connectivity index (χ1v) is 18.6. The molecule has 0 bridgehead atoms. The van der Waals surface area contributed by atoms with E-state index in [1.807, 2.05) is 0 Å². The van der Waals surface area contributed by atoms with Crippen LogP contribution in [0, 0.1) is 0 Å². The van der Waals surface area contributed by atoms with Crippen molar-refractivity contribution in [3.63, 3.8) is 0 Å². The molecule has 0 radical (unpaired) electrons. The third-order valence-electron chi connectivity index (χ3n) is 5.02. The van der Waals surface area contributed by atoms with Gasteiger partial charge in [-0.05, 0) is 38.5 Å². The van der Waals surface area contributed by atoms with Crippen molar-refractivity contribution < 1.29 is 4.52 Å². The first kappa shape index (κ1) is 21.0. The van der Waals surface area contributed by atoms with Crippen molar-refractivity contribution >= 4 is 24.6 Å². The zero-order valence-electron chi connectivity index (χ0n) is 17.4. The van der Waals surface area contributed by atoms with Crippen LogP contribution in [-0.4, -0.2) is 56.0 Å². The van der Waals surface area contributed by atoms with Gasteiger partial charge in [-0.15, -0.1) is 0 Å². The van der Waals surface area contributed by atoms with Gasteiger partial charge in [-0.3, -0.25) is 0 Å². The molecule has 1 saturated heterocycles. The normalized spacial score (nSPS) is 29.0. The highest BCUT2D eigenvalue weighted by Gasteiger charge is 2.51. The molecule has 1 saturated carbocycles. The number of hydrogen-bond acceptors (Lipinski definition) is 3. The summed E-state index contributed by atoms with van der Waals surface area (Å²) in [7, 11) is -2.85. The van der Waals surface area contributed by atoms with Gasteiger partial charge in [0.2, 0.25) is 0 Å². The van der Waals surface area contributed by atoms with E-state index in [1.165, 1.54) is 38.0 Å². The van der Waals surface area contributed by atoms with E-state index in [1.54, 1.807) is 0 Å². The van der Waals surface area contributed by atoms with Gasteiger partial charge in [0, 0.05) is 12.1 Å². The topological polar surface area (TPSA) is 15.7 Å². The number of nitrogens with zero attached hydrogens (tertiary/aromatic N) is 2. The molecule has 0 amide bonds. The highest BCUT2D eigenvalue weighted by atomic mass is 31.2. The Bertz CT molecular complexity index is 379. The van der Waals surface area contributed by atoms with E-state index in [0.29, 0.717) is 6.10 Å². The van der Waals surface area contributed by atoms with Gasteiger partial charge in [0.25, 0.3) is 0 Å². The predicted molar refractivity (Wildman–Crippen MR) is 114 cm³/mol. The quantitative estimate of drug-likeness (QED) is 0.410. The lowest BCUT2D eigenvalue weighted by atomic mass is 9.90. The van der Waals surface area contributed by atoms with E-state index in [-0.39, 0.29) is 0 Å². The molecule has 2 rings (SSSR count). The monoisotopic (exact) mass is 388 g/mol. The van der Waals surface area contributed by atoms with Crippen LogP contribution in [0.1, 0.15) is 46.0 Å². The molecular formula is C18H41N2OPSi2. The Kier molecular flexibility index (Phi) is 7.18. The molecule has 0 aromatic heterocycles. The molecule has 3 nitrogen and oxygen atoms in total. The largest absolute Gasteiger partial charge is 0.328 e. The fourth-order valence-electron chi connectivity index (χ4n) is 3.87. The summed E-state index contributed by atoms with van der Waals surface area (Å²) in [6.07, 6.45) is 9.71. The molecular weight excluding hydrogens is 347 g/mol. The number of hydrogen-bond donors (Lipinski definition) is 0. The van der Waals surface area contributed by atoms with Gasteiger partial charge in [0.15, 0.2) is 8.45 Å². The van der Waals surface area contributed by atoms with E-state index in [4.69, 9.17) is 4.52 Å². The van der Waals surface area contributed by atoms with Gasteiger partial charge in [-0.2, -0.15) is 0 Å². The molecule has 0 aromatic rings. The maximum atomic E-state index is 6.73. The number of fused-ring (bicyclic) bond motifs is 1. The molecule has 2 fully saturated rings. The van der Waals surface area contributed by atoms with Crippen LogP contribution >= 0.6 is 8.45 Å². The molecule has 6 heteroatoms. The summed E-state index contributed by atoms with van der Waals surface area (Å²) in [5.74, 6) is 0. The minimum Gasteiger partial charge on any atom is -0.328 e. The fourth-order valence-corrected chi connectivity index (χ4v) is 11.9. The second-order valence-electron chi connectivity index (χ2n) is 10.3. The zero-order chi connectivity index (χ0) is 18.1. The minimum atomic E-state index is -1.14. The van der Waals surface area contributed by atoms with Crippen molar-refractivity contribution in [2.24, 2.45) is 0 Å². The molecule has 2 aliphatic rings. The third-order valence-corrected chi connectivity index (χ3v) is 10.4. The average molecular weight is 389 g/mol. The van der Waals surface area contributed by atoms with Crippen LogP contribution in [-0.2, 0) is 4.52 Å². The Morgan fingerprint density at radius 2 is 1.33 bits per heavy atom. The molecule has 0 aromatic carbocycles. The molecule has 0 spiro atoms. The van der Waals surface area contributed by atoms with E-state index in [2.05, 4.69) is 62.5 Å². The molecule has 0 unspecified atom stereocenters. The molecule has 3 atom stereocenters. The maximum Gasteiger partial charge on any atom is 0.188 e. The molecule has 142 valence electrons. The summed E-state index contributed by atoms with van der Waals surface area (Å²) in [6, 6.07) is 1.52. The highest BCUT2D eigenvalue weighted by Crippen LogP contribution is 2.59. The van der Waals surface area contributed by atoms with Crippen LogP contribution in [0.3, 0.4) is 0 Å². The highest BCUT2D eigenvalue weighted by molar-refractivity contribution is 7.48. The lowest BCUT2D eigenvalue weighted by molar-refractivity contribution is 0.212. The van der Waals surface area contributed by atoms with Crippen LogP contribution in [0.2, 0.25) is 39.3 Å². The van der Waals surface area contributed by atoms with Crippen LogP contribution in [0.5, 0.6) is 0 Å². The van der Waals surface area contributed by atoms with Crippen molar-refractivity contribution in [3.8, 4) is 0 Å². The SMILES string of the molecule is CC[C@H](C)OP1N(C[Si](C)(C)C)[C@@H]2CCCC[C@H]2N1C[Si](C)(C)C. The Hall–Kier alpha value is 0.744. The lowest BCUT2D eigenvalue weighted by Gasteiger charge is -2.37. The summed E-state index contributed by atoms with van der Waals surface area (Å²) in [5, 5.41) is 0. The predicted octanol–water partition coefficient (Wildman–Crippen LogP) is 5.71. The van der Waals surface area contributed by atoms with Crippen LogP contribution in [0.15, 0.2) is 0 Å². The Morgan fingerprint density at radius 3 is 1.67 bits per heavy atom. The fraction of sp³-hybridized carbons (Fsp3) is 1.00. The van der Waals surface area contributed by atoms with Crippen molar-refractivity contribution in [3.05, 3.63) is 0 Å². The van der Waals surface area contributed by atoms with Gasteiger partial charge >= 0.3 is 0 Å². The van der Waals surface area contributed by atoms with Crippen molar-refractivity contribution in [1.29, 1.82) is 0 Å². The lowest BCUT2D eigenvalue weighted by Crippen LogP contribution is -2.46. The van der Waals surface area contributed by atoms with E-state index in [9.17, 15) is 0 Å². The standard InChI is InChI=1S/C18H41N2OPSi2/c1-9-16(2)21-22-19(14-23(3,4)5)17-12-10-11-13-18(17)20(22)15-24(6,7)8/h16-18H,9-15H2,1-8H3/t16-,17+,18+/m0/s1. The van der Waals surface area contributed by atoms with Crippen LogP contribution in [0.25, 0.3) is 0 Å². The first-order valence-electron chi connectivity index (χ1n) is 10.0. The molecule has 1 aliphatic carbocycles. The Labute approximate surface area is 154 Å². The minimum absolute atomic E-state index is 0.379. The third kappa shape index (κ3) is 5.62. The summed E-state index contributed by atoms with van der Waals surface area (Å²) in [6.45, 7) is 19.6. The van der Waals surface area contributed by atoms with Crippen LogP contribution < -0.4 is 0 Å². The second-order valence-corrected chi connectivity index (χ2v) is 22.9. The van der Waals surface area contributed by atoms with Gasteiger partial charge < -0.3 is 4.52 Å². The average Bonchev–Trinajstić information content (AvgIpc) is 2.70. The number of rotatable bonds is 7. The van der Waals surface area contributed by atoms with Crippen molar-refractivity contribution in [2.75, 3.05) is 12.3 Å². The van der Waals surface area contributed by atoms with E-state index >= 15 is 0 Å².